The van der Waals surface area contributed by atoms with Gasteiger partial charge in [0.05, 0.1) is 12.2 Å². The molecule has 1 aromatic rings. The number of hydrogen-bond acceptors (Lipinski definition) is 3. The summed E-state index contributed by atoms with van der Waals surface area (Å²) in [7, 11) is 0. The molecule has 1 aromatic carbocycles. The van der Waals surface area contributed by atoms with Gasteiger partial charge in [0.2, 0.25) is 0 Å². The van der Waals surface area contributed by atoms with Crippen LogP contribution in [0, 0.1) is 18.6 Å². The summed E-state index contributed by atoms with van der Waals surface area (Å²) in [5.74, 6) is -3.11. The number of hydrogen-bond donors (Lipinski definition) is 1. The fourth-order valence-electron chi connectivity index (χ4n) is 1.43. The van der Waals surface area contributed by atoms with Crippen molar-refractivity contribution in [3.05, 3.63) is 34.9 Å². The van der Waals surface area contributed by atoms with Gasteiger partial charge in [-0.3, -0.25) is 4.79 Å². The van der Waals surface area contributed by atoms with Gasteiger partial charge in [-0.25, -0.2) is 13.6 Å². The monoisotopic (exact) mass is 271 g/mol. The Kier molecular flexibility index (Phi) is 4.97. The predicted octanol–water partition coefficient (Wildman–Crippen LogP) is 1.95. The van der Waals surface area contributed by atoms with Crippen molar-refractivity contribution >= 4 is 11.9 Å². The van der Waals surface area contributed by atoms with E-state index in [1.165, 1.54) is 13.8 Å². The van der Waals surface area contributed by atoms with E-state index in [1.807, 2.05) is 0 Å². The molecule has 0 saturated heterocycles. The molecule has 0 aliphatic heterocycles. The second-order valence-corrected chi connectivity index (χ2v) is 4.03. The van der Waals surface area contributed by atoms with Gasteiger partial charge in [0.25, 0.3) is 5.91 Å². The van der Waals surface area contributed by atoms with Gasteiger partial charge in [0, 0.05) is 6.07 Å². The number of ether oxygens (including phenoxy) is 1. The predicted molar refractivity (Wildman–Crippen MR) is 64.7 cm³/mol. The smallest absolute Gasteiger partial charge is 0.328 e. The fourth-order valence-corrected chi connectivity index (χ4v) is 1.43. The van der Waals surface area contributed by atoms with Gasteiger partial charge in [-0.2, -0.15) is 0 Å². The third-order valence-electron chi connectivity index (χ3n) is 2.48. The zero-order valence-electron chi connectivity index (χ0n) is 10.9. The van der Waals surface area contributed by atoms with Gasteiger partial charge in [-0.1, -0.05) is 0 Å². The van der Waals surface area contributed by atoms with Crippen molar-refractivity contribution in [3.8, 4) is 0 Å². The molecule has 0 saturated carbocycles. The summed E-state index contributed by atoms with van der Waals surface area (Å²) < 4.78 is 31.2. The lowest BCUT2D eigenvalue weighted by molar-refractivity contribution is -0.144. The molecule has 6 heteroatoms. The first-order valence-electron chi connectivity index (χ1n) is 5.80. The second kappa shape index (κ2) is 6.26. The largest absolute Gasteiger partial charge is 0.464 e. The van der Waals surface area contributed by atoms with Crippen molar-refractivity contribution in [2.75, 3.05) is 6.61 Å². The van der Waals surface area contributed by atoms with Crippen LogP contribution >= 0.6 is 0 Å². The minimum atomic E-state index is -0.975. The van der Waals surface area contributed by atoms with Gasteiger partial charge in [-0.15, -0.1) is 0 Å². The van der Waals surface area contributed by atoms with Crippen molar-refractivity contribution < 1.29 is 23.1 Å². The molecule has 1 atom stereocenters. The van der Waals surface area contributed by atoms with E-state index in [-0.39, 0.29) is 17.7 Å². The quantitative estimate of drug-likeness (QED) is 0.852. The summed E-state index contributed by atoms with van der Waals surface area (Å²) in [6, 6.07) is 0.828. The van der Waals surface area contributed by atoms with E-state index in [0.29, 0.717) is 6.07 Å². The SMILES string of the molecule is CCOC(=O)C(C)NC(=O)c1cc(C)c(F)cc1F. The number of halogens is 2. The number of carbonyl (C=O) groups is 2. The third kappa shape index (κ3) is 3.74. The highest BCUT2D eigenvalue weighted by Gasteiger charge is 2.20. The molecule has 0 heterocycles. The van der Waals surface area contributed by atoms with Gasteiger partial charge >= 0.3 is 5.97 Å². The Morgan fingerprint density at radius 2 is 1.95 bits per heavy atom. The highest BCUT2D eigenvalue weighted by molar-refractivity contribution is 5.97. The summed E-state index contributed by atoms with van der Waals surface area (Å²) in [5, 5.41) is 2.29. The van der Waals surface area contributed by atoms with E-state index in [4.69, 9.17) is 4.74 Å². The van der Waals surface area contributed by atoms with Gasteiger partial charge in [0.15, 0.2) is 0 Å². The normalized spacial score (nSPS) is 11.8. The standard InChI is InChI=1S/C13H15F2NO3/c1-4-19-13(18)8(3)16-12(17)9-5-7(2)10(14)6-11(9)15/h5-6,8H,4H2,1-3H3,(H,16,17). The Morgan fingerprint density at radius 3 is 2.53 bits per heavy atom. The number of esters is 1. The van der Waals surface area contributed by atoms with E-state index < -0.39 is 29.6 Å². The number of rotatable bonds is 4. The maximum atomic E-state index is 13.5. The van der Waals surface area contributed by atoms with Crippen molar-refractivity contribution in [1.29, 1.82) is 0 Å². The summed E-state index contributed by atoms with van der Waals surface area (Å²) >= 11 is 0. The Balaban J connectivity index is 2.84. The Bertz CT molecular complexity index is 503. The van der Waals surface area contributed by atoms with E-state index >= 15 is 0 Å². The second-order valence-electron chi connectivity index (χ2n) is 4.03. The lowest BCUT2D eigenvalue weighted by Crippen LogP contribution is -2.39. The zero-order chi connectivity index (χ0) is 14.6. The first-order chi connectivity index (χ1) is 8.86. The highest BCUT2D eigenvalue weighted by atomic mass is 19.1. The van der Waals surface area contributed by atoms with Crippen molar-refractivity contribution in [2.45, 2.75) is 26.8 Å². The van der Waals surface area contributed by atoms with Crippen LogP contribution in [0.4, 0.5) is 8.78 Å². The number of benzene rings is 1. The van der Waals surface area contributed by atoms with E-state index in [1.54, 1.807) is 6.92 Å². The summed E-state index contributed by atoms with van der Waals surface area (Å²) in [6.45, 7) is 4.66. The van der Waals surface area contributed by atoms with Crippen LogP contribution in [0.1, 0.15) is 29.8 Å². The van der Waals surface area contributed by atoms with Crippen molar-refractivity contribution in [2.24, 2.45) is 0 Å². The Hall–Kier alpha value is -1.98. The molecule has 4 nitrogen and oxygen atoms in total. The molecular weight excluding hydrogens is 256 g/mol. The number of nitrogens with one attached hydrogen (secondary N) is 1. The van der Waals surface area contributed by atoms with Gasteiger partial charge < -0.3 is 10.1 Å². The summed E-state index contributed by atoms with van der Waals surface area (Å²) in [4.78, 5) is 23.1. The molecule has 104 valence electrons. The first kappa shape index (κ1) is 15.1. The van der Waals surface area contributed by atoms with Crippen LogP contribution in [0.25, 0.3) is 0 Å². The van der Waals surface area contributed by atoms with E-state index in [2.05, 4.69) is 5.32 Å². The molecule has 1 N–H and O–H groups in total. The molecule has 19 heavy (non-hydrogen) atoms. The number of amides is 1. The van der Waals surface area contributed by atoms with Gasteiger partial charge in [0.1, 0.15) is 17.7 Å². The van der Waals surface area contributed by atoms with Gasteiger partial charge in [-0.05, 0) is 32.4 Å². The zero-order valence-corrected chi connectivity index (χ0v) is 10.9. The van der Waals surface area contributed by atoms with Crippen LogP contribution in [0.3, 0.4) is 0 Å². The van der Waals surface area contributed by atoms with E-state index in [0.717, 1.165) is 6.07 Å². The topological polar surface area (TPSA) is 55.4 Å². The van der Waals surface area contributed by atoms with Crippen molar-refractivity contribution in [1.82, 2.24) is 5.32 Å². The molecule has 0 aliphatic rings. The highest BCUT2D eigenvalue weighted by Crippen LogP contribution is 2.14. The van der Waals surface area contributed by atoms with Crippen molar-refractivity contribution in [3.63, 3.8) is 0 Å². The lowest BCUT2D eigenvalue weighted by atomic mass is 10.1. The van der Waals surface area contributed by atoms with E-state index in [9.17, 15) is 18.4 Å². The molecule has 1 amide bonds. The van der Waals surface area contributed by atoms with Crippen LogP contribution < -0.4 is 5.32 Å². The molecule has 1 rings (SSSR count). The van der Waals surface area contributed by atoms with Crippen LogP contribution in [-0.2, 0) is 9.53 Å². The number of aryl methyl sites for hydroxylation is 1. The average molecular weight is 271 g/mol. The summed E-state index contributed by atoms with van der Waals surface area (Å²) in [6.07, 6.45) is 0. The third-order valence-corrected chi connectivity index (χ3v) is 2.48. The molecule has 0 aliphatic carbocycles. The van der Waals surface area contributed by atoms with Crippen LogP contribution in [0.2, 0.25) is 0 Å². The number of carbonyl (C=O) groups excluding carboxylic acids is 2. The van der Waals surface area contributed by atoms with Crippen LogP contribution in [0.5, 0.6) is 0 Å². The maximum absolute atomic E-state index is 13.5. The molecule has 0 aromatic heterocycles. The molecule has 0 radical (unpaired) electrons. The molecule has 1 unspecified atom stereocenters. The fraction of sp³-hybridized carbons (Fsp3) is 0.385. The van der Waals surface area contributed by atoms with Crippen LogP contribution in [0.15, 0.2) is 12.1 Å². The van der Waals surface area contributed by atoms with Crippen LogP contribution in [-0.4, -0.2) is 24.5 Å². The maximum Gasteiger partial charge on any atom is 0.328 e. The molecule has 0 spiro atoms. The molecule has 0 fully saturated rings. The minimum Gasteiger partial charge on any atom is -0.464 e. The first-order valence-corrected chi connectivity index (χ1v) is 5.80. The summed E-state index contributed by atoms with van der Waals surface area (Å²) in [5.41, 5.74) is -0.162. The Labute approximate surface area is 109 Å². The minimum absolute atomic E-state index is 0.148. The molecular formula is C13H15F2NO3. The molecule has 0 bridgehead atoms. The lowest BCUT2D eigenvalue weighted by Gasteiger charge is -2.13. The Morgan fingerprint density at radius 1 is 1.32 bits per heavy atom. The average Bonchev–Trinajstić information content (AvgIpc) is 2.33.